The van der Waals surface area contributed by atoms with Gasteiger partial charge in [-0.2, -0.15) is 0 Å². The van der Waals surface area contributed by atoms with Gasteiger partial charge in [0.05, 0.1) is 10.5 Å². The van der Waals surface area contributed by atoms with Gasteiger partial charge in [-0.15, -0.1) is 0 Å². The van der Waals surface area contributed by atoms with Crippen LogP contribution in [0.15, 0.2) is 18.2 Å². The largest absolute Gasteiger partial charge is 0.331 e. The van der Waals surface area contributed by atoms with E-state index in [4.69, 9.17) is 0 Å². The molecule has 3 amide bonds. The van der Waals surface area contributed by atoms with Crippen LogP contribution < -0.4 is 0 Å². The van der Waals surface area contributed by atoms with Gasteiger partial charge in [-0.25, -0.2) is 4.79 Å². The molecule has 0 aliphatic carbocycles. The van der Waals surface area contributed by atoms with E-state index in [-0.39, 0.29) is 17.6 Å². The van der Waals surface area contributed by atoms with Gasteiger partial charge in [0.25, 0.3) is 11.6 Å². The van der Waals surface area contributed by atoms with Crippen molar-refractivity contribution in [1.82, 2.24) is 14.7 Å². The maximum Gasteiger partial charge on any atom is 0.319 e. The summed E-state index contributed by atoms with van der Waals surface area (Å²) in [6, 6.07) is 4.61. The van der Waals surface area contributed by atoms with Crippen molar-refractivity contribution in [3.63, 3.8) is 0 Å². The highest BCUT2D eigenvalue weighted by molar-refractivity contribution is 5.95. The smallest absolute Gasteiger partial charge is 0.319 e. The van der Waals surface area contributed by atoms with Crippen LogP contribution in [0.3, 0.4) is 0 Å². The van der Waals surface area contributed by atoms with Crippen molar-refractivity contribution in [3.8, 4) is 0 Å². The minimum atomic E-state index is -0.585. The van der Waals surface area contributed by atoms with Gasteiger partial charge < -0.3 is 14.7 Å². The topological polar surface area (TPSA) is 87.0 Å². The van der Waals surface area contributed by atoms with Crippen LogP contribution in [-0.4, -0.2) is 70.8 Å². The Labute approximate surface area is 166 Å². The lowest BCUT2D eigenvalue weighted by atomic mass is 9.85. The summed E-state index contributed by atoms with van der Waals surface area (Å²) in [6.45, 7) is 10.7. The molecule has 2 rings (SSSR count). The van der Waals surface area contributed by atoms with Crippen molar-refractivity contribution in [2.24, 2.45) is 0 Å². The number of carbonyl (C=O) groups is 2. The van der Waals surface area contributed by atoms with Gasteiger partial charge in [0, 0.05) is 50.9 Å². The fourth-order valence-corrected chi connectivity index (χ4v) is 3.58. The molecule has 28 heavy (non-hydrogen) atoms. The van der Waals surface area contributed by atoms with E-state index in [1.807, 2.05) is 34.6 Å². The molecule has 0 atom stereocenters. The third-order valence-electron chi connectivity index (χ3n) is 5.05. The first kappa shape index (κ1) is 21.7. The molecule has 8 nitrogen and oxygen atoms in total. The van der Waals surface area contributed by atoms with E-state index in [2.05, 4.69) is 0 Å². The Bertz CT molecular complexity index is 796. The molecule has 0 saturated carbocycles. The number of urea groups is 1. The second-order valence-corrected chi connectivity index (χ2v) is 9.11. The lowest BCUT2D eigenvalue weighted by Gasteiger charge is -2.47. The molecule has 0 radical (unpaired) electrons. The molecule has 8 heteroatoms. The molecule has 0 unspecified atom stereocenters. The molecule has 1 aromatic carbocycles. The molecule has 1 aromatic rings. The number of nitro groups is 1. The van der Waals surface area contributed by atoms with Gasteiger partial charge >= 0.3 is 6.03 Å². The predicted octanol–water partition coefficient (Wildman–Crippen LogP) is 3.11. The molecule has 0 bridgehead atoms. The van der Waals surface area contributed by atoms with Gasteiger partial charge in [0.2, 0.25) is 0 Å². The summed E-state index contributed by atoms with van der Waals surface area (Å²) >= 11 is 0. The molecule has 154 valence electrons. The Hall–Kier alpha value is -2.64. The molecule has 1 fully saturated rings. The second kappa shape index (κ2) is 7.41. The van der Waals surface area contributed by atoms with Crippen LogP contribution in [-0.2, 0) is 5.41 Å². The molecule has 1 saturated heterocycles. The third-order valence-corrected chi connectivity index (χ3v) is 5.05. The van der Waals surface area contributed by atoms with E-state index in [9.17, 15) is 19.7 Å². The highest BCUT2D eigenvalue weighted by Gasteiger charge is 2.39. The summed E-state index contributed by atoms with van der Waals surface area (Å²) in [5.41, 5.74) is -0.146. The zero-order valence-corrected chi connectivity index (χ0v) is 17.8. The first-order valence-corrected chi connectivity index (χ1v) is 9.33. The fourth-order valence-electron chi connectivity index (χ4n) is 3.58. The predicted molar refractivity (Wildman–Crippen MR) is 108 cm³/mol. The summed E-state index contributed by atoms with van der Waals surface area (Å²) < 4.78 is 0. The van der Waals surface area contributed by atoms with Crippen LogP contribution in [0.1, 0.15) is 50.5 Å². The van der Waals surface area contributed by atoms with E-state index in [0.29, 0.717) is 30.8 Å². The lowest BCUT2D eigenvalue weighted by Crippen LogP contribution is -2.63. The number of piperazine rings is 1. The second-order valence-electron chi connectivity index (χ2n) is 9.11. The van der Waals surface area contributed by atoms with Crippen molar-refractivity contribution in [3.05, 3.63) is 39.4 Å². The minimum Gasteiger partial charge on any atom is -0.331 e. The standard InChI is InChI=1S/C20H30N4O4/c1-19(2,3)15-9-8-14(12-16(15)24(27)28)17(25)23-11-10-22(13-20(23,4)5)18(26)21(6)7/h8-9,12H,10-11,13H2,1-7H3. The average molecular weight is 390 g/mol. The summed E-state index contributed by atoms with van der Waals surface area (Å²) in [5.74, 6) is -0.259. The zero-order chi connectivity index (χ0) is 21.4. The normalized spacial score (nSPS) is 16.7. The van der Waals surface area contributed by atoms with Crippen molar-refractivity contribution >= 4 is 17.6 Å². The van der Waals surface area contributed by atoms with E-state index < -0.39 is 15.9 Å². The van der Waals surface area contributed by atoms with Crippen LogP contribution in [0.2, 0.25) is 0 Å². The number of amides is 3. The third kappa shape index (κ3) is 4.26. The first-order chi connectivity index (χ1) is 12.8. The number of nitrogens with zero attached hydrogens (tertiary/aromatic N) is 4. The molecule has 1 aliphatic rings. The van der Waals surface area contributed by atoms with E-state index in [1.54, 1.807) is 36.0 Å². The number of carbonyl (C=O) groups excluding carboxylic acids is 2. The average Bonchev–Trinajstić information content (AvgIpc) is 2.58. The maximum absolute atomic E-state index is 13.2. The number of nitro benzene ring substituents is 1. The van der Waals surface area contributed by atoms with Gasteiger partial charge in [-0.1, -0.05) is 26.8 Å². The number of rotatable bonds is 2. The molecule has 0 N–H and O–H groups in total. The Morgan fingerprint density at radius 1 is 1.18 bits per heavy atom. The first-order valence-electron chi connectivity index (χ1n) is 9.33. The van der Waals surface area contributed by atoms with Crippen molar-refractivity contribution < 1.29 is 14.5 Å². The summed E-state index contributed by atoms with van der Waals surface area (Å²) in [4.78, 5) is 41.5. The fraction of sp³-hybridized carbons (Fsp3) is 0.600. The monoisotopic (exact) mass is 390 g/mol. The van der Waals surface area contributed by atoms with E-state index in [0.717, 1.165) is 0 Å². The van der Waals surface area contributed by atoms with E-state index >= 15 is 0 Å². The number of hydrogen-bond donors (Lipinski definition) is 0. The summed E-state index contributed by atoms with van der Waals surface area (Å²) in [7, 11) is 3.39. The Kier molecular flexibility index (Phi) is 5.73. The van der Waals surface area contributed by atoms with Crippen molar-refractivity contribution in [2.45, 2.75) is 45.6 Å². The molecule has 1 aliphatic heterocycles. The van der Waals surface area contributed by atoms with Gasteiger partial charge in [-0.05, 0) is 25.3 Å². The summed E-state index contributed by atoms with van der Waals surface area (Å²) in [5, 5.41) is 11.6. The Balaban J connectivity index is 2.32. The zero-order valence-electron chi connectivity index (χ0n) is 17.8. The highest BCUT2D eigenvalue weighted by Crippen LogP contribution is 2.33. The maximum atomic E-state index is 13.2. The van der Waals surface area contributed by atoms with Crippen LogP contribution in [0, 0.1) is 10.1 Å². The van der Waals surface area contributed by atoms with Crippen LogP contribution in [0.5, 0.6) is 0 Å². The van der Waals surface area contributed by atoms with Crippen LogP contribution >= 0.6 is 0 Å². The molecule has 0 aromatic heterocycles. The molecular weight excluding hydrogens is 360 g/mol. The minimum absolute atomic E-state index is 0.0439. The SMILES string of the molecule is CN(C)C(=O)N1CCN(C(=O)c2ccc(C(C)(C)C)c([N+](=O)[O-])c2)C(C)(C)C1. The molecule has 0 spiro atoms. The van der Waals surface area contributed by atoms with Gasteiger partial charge in [-0.3, -0.25) is 14.9 Å². The van der Waals surface area contributed by atoms with Crippen LogP contribution in [0.4, 0.5) is 10.5 Å². The molecule has 1 heterocycles. The van der Waals surface area contributed by atoms with Crippen LogP contribution in [0.25, 0.3) is 0 Å². The van der Waals surface area contributed by atoms with Crippen molar-refractivity contribution in [2.75, 3.05) is 33.7 Å². The molecular formula is C20H30N4O4. The van der Waals surface area contributed by atoms with E-state index in [1.165, 1.54) is 11.0 Å². The van der Waals surface area contributed by atoms with Crippen molar-refractivity contribution in [1.29, 1.82) is 0 Å². The number of hydrogen-bond acceptors (Lipinski definition) is 4. The van der Waals surface area contributed by atoms with Gasteiger partial charge in [0.1, 0.15) is 0 Å². The number of benzene rings is 1. The Morgan fingerprint density at radius 3 is 2.25 bits per heavy atom. The quantitative estimate of drug-likeness (QED) is 0.573. The summed E-state index contributed by atoms with van der Waals surface area (Å²) in [6.07, 6.45) is 0. The lowest BCUT2D eigenvalue weighted by molar-refractivity contribution is -0.386. The Morgan fingerprint density at radius 2 is 1.79 bits per heavy atom. The highest BCUT2D eigenvalue weighted by atomic mass is 16.6. The van der Waals surface area contributed by atoms with Gasteiger partial charge in [0.15, 0.2) is 0 Å².